The molecule has 0 aromatic rings. The molecule has 13 nitrogen and oxygen atoms in total. The molecule has 0 radical (unpaired) electrons. The van der Waals surface area contributed by atoms with Crippen LogP contribution in [0.4, 0.5) is 0 Å². The fraction of sp³-hybridized carbons (Fsp3) is 0.500. The molecule has 0 fully saturated rings. The minimum Gasteiger partial charge on any atom is -0.772 e. The summed E-state index contributed by atoms with van der Waals surface area (Å²) in [6.07, 6.45) is -7.08. The van der Waals surface area contributed by atoms with Crippen LogP contribution in [0.1, 0.15) is 6.42 Å². The van der Waals surface area contributed by atoms with Crippen molar-refractivity contribution >= 4 is 32.6 Å². The summed E-state index contributed by atoms with van der Waals surface area (Å²) in [5, 5.41) is 56.7. The van der Waals surface area contributed by atoms with Crippen LogP contribution < -0.4 is 34.5 Å². The quantitative estimate of drug-likeness (QED) is 0.170. The second-order valence-corrected chi connectivity index (χ2v) is 3.24. The van der Waals surface area contributed by atoms with Crippen molar-refractivity contribution in [3.63, 3.8) is 0 Å². The Kier molecular flexibility index (Phi) is 22.2. The van der Waals surface area contributed by atoms with E-state index in [1.54, 1.807) is 0 Å². The van der Waals surface area contributed by atoms with Crippen molar-refractivity contribution in [2.75, 3.05) is 0 Å². The Morgan fingerprint density at radius 1 is 0.826 bits per heavy atom. The molecule has 0 saturated heterocycles. The van der Waals surface area contributed by atoms with Gasteiger partial charge < -0.3 is 40.6 Å². The SMILES string of the molecule is O=C(O)C(O)C(O)C(=O)O.O=C(O)CC(O)C(=O)O.O=P[O-].[Na+]. The van der Waals surface area contributed by atoms with Crippen LogP contribution in [0, 0.1) is 0 Å². The Bertz CT molecular complexity index is 381. The van der Waals surface area contributed by atoms with Gasteiger partial charge in [0.15, 0.2) is 18.3 Å². The standard InChI is InChI=1S/C4H6O6.C4H6O5.Na.HO2P/c5-1(3(7)8)2(6)4(9)10;5-2(4(8)9)1-3(6)7;;1-3-2/h1-2,5-6H,(H,7,8)(H,9,10);2,5H,1H2,(H,6,7)(H,8,9);;(H,1,2)/q;;+1;/p-1. The van der Waals surface area contributed by atoms with Crippen LogP contribution in [0.5, 0.6) is 0 Å². The number of aliphatic hydroxyl groups excluding tert-OH is 3. The number of hydrogen-bond acceptors (Lipinski definition) is 9. The summed E-state index contributed by atoms with van der Waals surface area (Å²) in [6.45, 7) is 0. The molecule has 0 aliphatic heterocycles. The summed E-state index contributed by atoms with van der Waals surface area (Å²) in [5.41, 5.74) is 0. The molecule has 0 aliphatic carbocycles. The normalized spacial score (nSPS) is 12.7. The molecule has 3 atom stereocenters. The van der Waals surface area contributed by atoms with E-state index >= 15 is 0 Å². The van der Waals surface area contributed by atoms with Crippen molar-refractivity contribution in [3.8, 4) is 0 Å². The van der Waals surface area contributed by atoms with Gasteiger partial charge in [0.25, 0.3) is 0 Å². The Labute approximate surface area is 151 Å². The van der Waals surface area contributed by atoms with Gasteiger partial charge in [0.2, 0.25) is 0 Å². The minimum atomic E-state index is -2.27. The topological polar surface area (TPSA) is 250 Å². The van der Waals surface area contributed by atoms with Gasteiger partial charge in [-0.3, -0.25) is 9.36 Å². The zero-order chi connectivity index (χ0) is 18.5. The van der Waals surface area contributed by atoms with E-state index in [-0.39, 0.29) is 29.6 Å². The van der Waals surface area contributed by atoms with Gasteiger partial charge in [0, 0.05) is 0 Å². The van der Waals surface area contributed by atoms with E-state index in [0.717, 1.165) is 0 Å². The van der Waals surface area contributed by atoms with Gasteiger partial charge in [-0.05, 0) is 0 Å². The number of aliphatic carboxylic acids is 4. The molecule has 0 amide bonds. The molecule has 23 heavy (non-hydrogen) atoms. The Balaban J connectivity index is -0.000000130. The summed E-state index contributed by atoms with van der Waals surface area (Å²) < 4.78 is 8.35. The van der Waals surface area contributed by atoms with E-state index in [2.05, 4.69) is 0 Å². The van der Waals surface area contributed by atoms with Crippen LogP contribution in [0.3, 0.4) is 0 Å². The van der Waals surface area contributed by atoms with Gasteiger partial charge in [-0.15, -0.1) is 0 Å². The van der Waals surface area contributed by atoms with Crippen molar-refractivity contribution in [3.05, 3.63) is 0 Å². The molecular formula is C8H12NaO13P. The van der Waals surface area contributed by atoms with E-state index in [1.807, 2.05) is 0 Å². The van der Waals surface area contributed by atoms with Crippen LogP contribution in [0.15, 0.2) is 0 Å². The number of carboxylic acids is 4. The fourth-order valence-electron chi connectivity index (χ4n) is 0.523. The molecule has 128 valence electrons. The molecular weight excluding hydrogens is 358 g/mol. The van der Waals surface area contributed by atoms with Crippen LogP contribution in [0.2, 0.25) is 0 Å². The maximum atomic E-state index is 9.77. The van der Waals surface area contributed by atoms with E-state index in [1.165, 1.54) is 0 Å². The zero-order valence-electron chi connectivity index (χ0n) is 11.5. The molecule has 0 aromatic carbocycles. The van der Waals surface area contributed by atoms with Crippen molar-refractivity contribution in [1.82, 2.24) is 0 Å². The Hall–Kier alpha value is -1.18. The van der Waals surface area contributed by atoms with Gasteiger partial charge in [-0.2, -0.15) is 0 Å². The molecule has 0 aliphatic rings. The molecule has 0 heterocycles. The van der Waals surface area contributed by atoms with E-state index in [4.69, 9.17) is 45.2 Å². The number of carbonyl (C=O) groups is 4. The van der Waals surface area contributed by atoms with Crippen molar-refractivity contribution in [2.45, 2.75) is 24.7 Å². The van der Waals surface area contributed by atoms with Crippen LogP contribution in [-0.2, 0) is 23.7 Å². The number of carboxylic acid groups (broad SMARTS) is 4. The average Bonchev–Trinajstić information content (AvgIpc) is 2.37. The molecule has 15 heteroatoms. The summed E-state index contributed by atoms with van der Waals surface area (Å²) in [7, 11) is -1.08. The van der Waals surface area contributed by atoms with Crippen molar-refractivity contribution in [2.24, 2.45) is 0 Å². The van der Waals surface area contributed by atoms with Gasteiger partial charge >= 0.3 is 53.4 Å². The van der Waals surface area contributed by atoms with Gasteiger partial charge in [0.05, 0.1) is 15.1 Å². The summed E-state index contributed by atoms with van der Waals surface area (Å²) in [4.78, 5) is 47.3. The number of aliphatic hydroxyl groups is 3. The number of rotatable bonds is 6. The maximum absolute atomic E-state index is 9.77. The largest absolute Gasteiger partial charge is 1.00 e. The van der Waals surface area contributed by atoms with E-state index in [9.17, 15) is 19.2 Å². The molecule has 0 bridgehead atoms. The Morgan fingerprint density at radius 3 is 1.17 bits per heavy atom. The minimum absolute atomic E-state index is 0. The molecule has 3 unspecified atom stereocenters. The molecule has 0 rings (SSSR count). The second-order valence-electron chi connectivity index (χ2n) is 3.09. The van der Waals surface area contributed by atoms with Gasteiger partial charge in [-0.1, -0.05) is 0 Å². The van der Waals surface area contributed by atoms with Gasteiger partial charge in [0.1, 0.15) is 0 Å². The molecule has 0 aromatic heterocycles. The monoisotopic (exact) mass is 370 g/mol. The van der Waals surface area contributed by atoms with Crippen molar-refractivity contribution < 1.29 is 93.9 Å². The third-order valence-corrected chi connectivity index (χ3v) is 1.46. The van der Waals surface area contributed by atoms with Crippen molar-refractivity contribution in [1.29, 1.82) is 0 Å². The summed E-state index contributed by atoms with van der Waals surface area (Å²) in [5.74, 6) is -6.38. The predicted molar refractivity (Wildman–Crippen MR) is 60.8 cm³/mol. The van der Waals surface area contributed by atoms with Crippen LogP contribution in [0.25, 0.3) is 0 Å². The molecule has 0 spiro atoms. The first-order chi connectivity index (χ1) is 9.91. The third kappa shape index (κ3) is 20.8. The van der Waals surface area contributed by atoms with Crippen LogP contribution in [-0.4, -0.2) is 77.9 Å². The second kappa shape index (κ2) is 17.2. The first-order valence-corrected chi connectivity index (χ1v) is 5.54. The third-order valence-electron chi connectivity index (χ3n) is 1.46. The van der Waals surface area contributed by atoms with E-state index in [0.29, 0.717) is 0 Å². The predicted octanol–water partition coefficient (Wildman–Crippen LogP) is -6.66. The number of hydrogen-bond donors (Lipinski definition) is 7. The molecule has 7 N–H and O–H groups in total. The first kappa shape index (κ1) is 29.8. The zero-order valence-corrected chi connectivity index (χ0v) is 14.4. The summed E-state index contributed by atoms with van der Waals surface area (Å²) in [6, 6.07) is 0. The average molecular weight is 370 g/mol. The first-order valence-electron chi connectivity index (χ1n) is 4.81. The molecule has 0 saturated carbocycles. The maximum Gasteiger partial charge on any atom is 1.00 e. The van der Waals surface area contributed by atoms with Crippen LogP contribution >= 0.6 is 8.69 Å². The van der Waals surface area contributed by atoms with E-state index < -0.39 is 57.3 Å². The fourth-order valence-corrected chi connectivity index (χ4v) is 0.523. The smallest absolute Gasteiger partial charge is 0.772 e. The summed E-state index contributed by atoms with van der Waals surface area (Å²) >= 11 is 0. The van der Waals surface area contributed by atoms with Gasteiger partial charge in [-0.25, -0.2) is 14.4 Å². The Morgan fingerprint density at radius 2 is 1.09 bits per heavy atom.